The topological polar surface area (TPSA) is 103 Å². The highest BCUT2D eigenvalue weighted by molar-refractivity contribution is 7.98. The third-order valence-corrected chi connectivity index (χ3v) is 4.62. The first-order chi connectivity index (χ1) is 14.0. The van der Waals surface area contributed by atoms with Crippen LogP contribution in [0.15, 0.2) is 59.5 Å². The van der Waals surface area contributed by atoms with E-state index in [1.54, 1.807) is 17.8 Å². The molecule has 2 aromatic carbocycles. The van der Waals surface area contributed by atoms with E-state index >= 15 is 0 Å². The van der Waals surface area contributed by atoms with Gasteiger partial charge in [0.15, 0.2) is 12.4 Å². The summed E-state index contributed by atoms with van der Waals surface area (Å²) in [7, 11) is 0. The van der Waals surface area contributed by atoms with Crippen molar-refractivity contribution < 1.29 is 9.53 Å². The van der Waals surface area contributed by atoms with Gasteiger partial charge >= 0.3 is 5.97 Å². The van der Waals surface area contributed by atoms with Crippen molar-refractivity contribution in [3.63, 3.8) is 0 Å². The molecular formula is C21H21N5O2S. The third-order valence-electron chi connectivity index (χ3n) is 3.88. The van der Waals surface area contributed by atoms with E-state index in [-0.39, 0.29) is 24.3 Å². The smallest absolute Gasteiger partial charge is 0.331 e. The fraction of sp³-hybridized carbons (Fsp3) is 0.143. The van der Waals surface area contributed by atoms with Crippen molar-refractivity contribution in [1.29, 1.82) is 0 Å². The summed E-state index contributed by atoms with van der Waals surface area (Å²) in [4.78, 5) is 25.4. The SMILES string of the molecule is CSc1ccc(/C=C/C(=O)OCc2nc(N)nc(Nc3ccc(C)cc3)n2)cc1. The maximum Gasteiger partial charge on any atom is 0.331 e. The lowest BCUT2D eigenvalue weighted by molar-refractivity contribution is -0.139. The van der Waals surface area contributed by atoms with Crippen LogP contribution in [0, 0.1) is 6.92 Å². The summed E-state index contributed by atoms with van der Waals surface area (Å²) >= 11 is 1.66. The van der Waals surface area contributed by atoms with E-state index in [2.05, 4.69) is 20.3 Å². The van der Waals surface area contributed by atoms with Gasteiger partial charge in [-0.25, -0.2) is 4.79 Å². The number of aryl methyl sites for hydroxylation is 1. The van der Waals surface area contributed by atoms with Crippen molar-refractivity contribution in [2.24, 2.45) is 0 Å². The predicted octanol–water partition coefficient (Wildman–Crippen LogP) is 3.98. The molecule has 3 rings (SSSR count). The number of carbonyl (C=O) groups is 1. The zero-order valence-electron chi connectivity index (χ0n) is 16.1. The molecule has 0 atom stereocenters. The number of rotatable bonds is 7. The van der Waals surface area contributed by atoms with E-state index in [4.69, 9.17) is 10.5 Å². The molecule has 8 heteroatoms. The van der Waals surface area contributed by atoms with Gasteiger partial charge in [-0.2, -0.15) is 15.0 Å². The molecule has 0 amide bonds. The number of ether oxygens (including phenoxy) is 1. The van der Waals surface area contributed by atoms with Crippen molar-refractivity contribution in [2.75, 3.05) is 17.3 Å². The Balaban J connectivity index is 1.59. The van der Waals surface area contributed by atoms with Crippen LogP contribution in [-0.2, 0) is 16.1 Å². The van der Waals surface area contributed by atoms with Gasteiger partial charge in [0.05, 0.1) is 0 Å². The first-order valence-corrected chi connectivity index (χ1v) is 10.1. The Kier molecular flexibility index (Phi) is 6.80. The molecule has 0 radical (unpaired) electrons. The second-order valence-electron chi connectivity index (χ2n) is 6.14. The van der Waals surface area contributed by atoms with E-state index in [0.717, 1.165) is 21.7 Å². The van der Waals surface area contributed by atoms with Crippen LogP contribution in [0.5, 0.6) is 0 Å². The minimum absolute atomic E-state index is 0.0464. The zero-order valence-corrected chi connectivity index (χ0v) is 16.9. The number of thioether (sulfide) groups is 1. The molecule has 0 aliphatic heterocycles. The lowest BCUT2D eigenvalue weighted by Gasteiger charge is -2.07. The zero-order chi connectivity index (χ0) is 20.6. The van der Waals surface area contributed by atoms with Gasteiger partial charge in [-0.15, -0.1) is 11.8 Å². The summed E-state index contributed by atoms with van der Waals surface area (Å²) in [5.74, 6) is 0.103. The number of carbonyl (C=O) groups excluding carboxylic acids is 1. The van der Waals surface area contributed by atoms with Crippen molar-refractivity contribution in [1.82, 2.24) is 15.0 Å². The molecule has 1 heterocycles. The van der Waals surface area contributed by atoms with Crippen LogP contribution in [0.2, 0.25) is 0 Å². The number of nitrogens with two attached hydrogens (primary N) is 1. The van der Waals surface area contributed by atoms with Crippen LogP contribution in [-0.4, -0.2) is 27.2 Å². The highest BCUT2D eigenvalue weighted by Crippen LogP contribution is 2.16. The number of anilines is 3. The Morgan fingerprint density at radius 1 is 1.10 bits per heavy atom. The molecule has 0 bridgehead atoms. The largest absolute Gasteiger partial charge is 0.454 e. The number of nitrogen functional groups attached to an aromatic ring is 1. The van der Waals surface area contributed by atoms with E-state index in [1.165, 1.54) is 6.08 Å². The molecule has 0 aliphatic carbocycles. The molecule has 148 valence electrons. The molecule has 0 unspecified atom stereocenters. The van der Waals surface area contributed by atoms with E-state index < -0.39 is 5.97 Å². The van der Waals surface area contributed by atoms with Crippen molar-refractivity contribution >= 4 is 41.4 Å². The molecule has 0 spiro atoms. The van der Waals surface area contributed by atoms with E-state index in [0.29, 0.717) is 0 Å². The number of benzene rings is 2. The monoisotopic (exact) mass is 407 g/mol. The second kappa shape index (κ2) is 9.70. The summed E-state index contributed by atoms with van der Waals surface area (Å²) in [5, 5.41) is 3.06. The lowest BCUT2D eigenvalue weighted by atomic mass is 10.2. The molecule has 0 saturated heterocycles. The van der Waals surface area contributed by atoms with Gasteiger partial charge in [0.1, 0.15) is 0 Å². The molecule has 0 fully saturated rings. The first kappa shape index (κ1) is 20.3. The second-order valence-corrected chi connectivity index (χ2v) is 7.02. The molecule has 0 saturated carbocycles. The highest BCUT2D eigenvalue weighted by atomic mass is 32.2. The van der Waals surface area contributed by atoms with Crippen LogP contribution in [0.25, 0.3) is 6.08 Å². The average molecular weight is 407 g/mol. The minimum atomic E-state index is -0.494. The fourth-order valence-corrected chi connectivity index (χ4v) is 2.80. The number of esters is 1. The van der Waals surface area contributed by atoms with Crippen LogP contribution in [0.4, 0.5) is 17.6 Å². The van der Waals surface area contributed by atoms with Gasteiger partial charge in [-0.1, -0.05) is 29.8 Å². The van der Waals surface area contributed by atoms with Gasteiger partial charge in [-0.05, 0) is 49.1 Å². The predicted molar refractivity (Wildman–Crippen MR) is 116 cm³/mol. The summed E-state index contributed by atoms with van der Waals surface area (Å²) in [6.45, 7) is 1.90. The molecule has 3 N–H and O–H groups in total. The highest BCUT2D eigenvalue weighted by Gasteiger charge is 2.07. The van der Waals surface area contributed by atoms with Gasteiger partial charge < -0.3 is 15.8 Å². The summed E-state index contributed by atoms with van der Waals surface area (Å²) in [6, 6.07) is 15.6. The molecule has 7 nitrogen and oxygen atoms in total. The summed E-state index contributed by atoms with van der Waals surface area (Å²) in [6.07, 6.45) is 5.07. The number of aromatic nitrogens is 3. The molecule has 3 aromatic rings. The standard InChI is InChI=1S/C21H21N5O2S/c1-14-3-8-16(9-4-14)23-21-25-18(24-20(22)26-21)13-28-19(27)12-7-15-5-10-17(29-2)11-6-15/h3-12H,13H2,1-2H3,(H3,22,23,24,25,26)/b12-7+. The molecular weight excluding hydrogens is 386 g/mol. The van der Waals surface area contributed by atoms with Crippen molar-refractivity contribution in [3.05, 3.63) is 71.6 Å². The van der Waals surface area contributed by atoms with Gasteiger partial charge in [0, 0.05) is 16.7 Å². The Labute approximate surface area is 173 Å². The normalized spacial score (nSPS) is 10.8. The number of nitrogens with one attached hydrogen (secondary N) is 1. The van der Waals surface area contributed by atoms with Crippen molar-refractivity contribution in [2.45, 2.75) is 18.4 Å². The molecule has 29 heavy (non-hydrogen) atoms. The van der Waals surface area contributed by atoms with Gasteiger partial charge in [0.25, 0.3) is 0 Å². The van der Waals surface area contributed by atoms with Crippen LogP contribution in [0.3, 0.4) is 0 Å². The minimum Gasteiger partial charge on any atom is -0.454 e. The van der Waals surface area contributed by atoms with E-state index in [9.17, 15) is 4.79 Å². The molecule has 0 aliphatic rings. The third kappa shape index (κ3) is 6.32. The Hall–Kier alpha value is -3.39. The number of hydrogen-bond donors (Lipinski definition) is 2. The lowest BCUT2D eigenvalue weighted by Crippen LogP contribution is -2.10. The number of hydrogen-bond acceptors (Lipinski definition) is 8. The van der Waals surface area contributed by atoms with E-state index in [1.807, 2.05) is 61.7 Å². The van der Waals surface area contributed by atoms with Crippen molar-refractivity contribution in [3.8, 4) is 0 Å². The Morgan fingerprint density at radius 2 is 1.83 bits per heavy atom. The summed E-state index contributed by atoms with van der Waals surface area (Å²) < 4.78 is 5.20. The Morgan fingerprint density at radius 3 is 2.52 bits per heavy atom. The van der Waals surface area contributed by atoms with Crippen LogP contribution < -0.4 is 11.1 Å². The molecule has 1 aromatic heterocycles. The average Bonchev–Trinajstić information content (AvgIpc) is 2.72. The first-order valence-electron chi connectivity index (χ1n) is 8.85. The van der Waals surface area contributed by atoms with Crippen LogP contribution in [0.1, 0.15) is 17.0 Å². The maximum absolute atomic E-state index is 12.0. The quantitative estimate of drug-likeness (QED) is 0.344. The Bertz CT molecular complexity index is 1000. The maximum atomic E-state index is 12.0. The summed E-state index contributed by atoms with van der Waals surface area (Å²) in [5.41, 5.74) is 8.62. The van der Waals surface area contributed by atoms with Gasteiger partial charge in [0.2, 0.25) is 11.9 Å². The number of nitrogens with zero attached hydrogens (tertiary/aromatic N) is 3. The van der Waals surface area contributed by atoms with Crippen LogP contribution >= 0.6 is 11.8 Å². The van der Waals surface area contributed by atoms with Gasteiger partial charge in [-0.3, -0.25) is 0 Å². The fourth-order valence-electron chi connectivity index (χ4n) is 2.39.